The summed E-state index contributed by atoms with van der Waals surface area (Å²) in [4.78, 5) is 19.1. The van der Waals surface area contributed by atoms with Gasteiger partial charge in [0.05, 0.1) is 10.6 Å². The van der Waals surface area contributed by atoms with Gasteiger partial charge in [-0.15, -0.1) is 5.10 Å². The smallest absolute Gasteiger partial charge is 0.240 e. The quantitative estimate of drug-likeness (QED) is 0.592. The van der Waals surface area contributed by atoms with Gasteiger partial charge in [-0.05, 0) is 55.9 Å². The minimum atomic E-state index is -3.53. The molecule has 4 rings (SSSR count). The molecule has 2 aliphatic rings. The third-order valence-electron chi connectivity index (χ3n) is 6.16. The summed E-state index contributed by atoms with van der Waals surface area (Å²) in [6.07, 6.45) is 7.35. The first-order valence-electron chi connectivity index (χ1n) is 11.4. The molecule has 0 radical (unpaired) electrons. The SMILES string of the molecule is C[C@@H]1CCCN(C(=O)CSc2n[nH]c(-c3ccc(S(=O)(=O)NC4CCCCC4)cc3)n2)C1. The van der Waals surface area contributed by atoms with E-state index >= 15 is 0 Å². The summed E-state index contributed by atoms with van der Waals surface area (Å²) >= 11 is 1.32. The summed E-state index contributed by atoms with van der Waals surface area (Å²) in [5.41, 5.74) is 0.747. The number of likely N-dealkylation sites (tertiary alicyclic amines) is 1. The van der Waals surface area contributed by atoms with E-state index in [-0.39, 0.29) is 16.8 Å². The largest absolute Gasteiger partial charge is 0.342 e. The fraction of sp³-hybridized carbons (Fsp3) is 0.591. The number of benzene rings is 1. The molecule has 2 heterocycles. The van der Waals surface area contributed by atoms with Crippen LogP contribution in [0, 0.1) is 5.92 Å². The van der Waals surface area contributed by atoms with E-state index in [1.807, 2.05) is 4.90 Å². The molecular weight excluding hydrogens is 446 g/mol. The molecule has 174 valence electrons. The van der Waals surface area contributed by atoms with Gasteiger partial charge in [-0.1, -0.05) is 37.9 Å². The number of sulfonamides is 1. The van der Waals surface area contributed by atoms with Crippen molar-refractivity contribution in [3.8, 4) is 11.4 Å². The van der Waals surface area contributed by atoms with Crippen molar-refractivity contribution in [3.05, 3.63) is 24.3 Å². The predicted octanol–water partition coefficient (Wildman–Crippen LogP) is 3.43. The molecule has 1 saturated carbocycles. The number of nitrogens with one attached hydrogen (secondary N) is 2. The molecule has 32 heavy (non-hydrogen) atoms. The van der Waals surface area contributed by atoms with E-state index < -0.39 is 10.0 Å². The summed E-state index contributed by atoms with van der Waals surface area (Å²) in [7, 11) is -3.53. The number of aromatic nitrogens is 3. The fourth-order valence-corrected chi connectivity index (χ4v) is 6.38. The van der Waals surface area contributed by atoms with Gasteiger partial charge in [0.25, 0.3) is 0 Å². The lowest BCUT2D eigenvalue weighted by atomic mass is 9.96. The van der Waals surface area contributed by atoms with Crippen molar-refractivity contribution in [2.75, 3.05) is 18.8 Å². The van der Waals surface area contributed by atoms with Crippen LogP contribution in [-0.4, -0.2) is 59.3 Å². The highest BCUT2D eigenvalue weighted by molar-refractivity contribution is 7.99. The van der Waals surface area contributed by atoms with E-state index in [9.17, 15) is 13.2 Å². The summed E-state index contributed by atoms with van der Waals surface area (Å²) in [5, 5.41) is 7.59. The zero-order valence-electron chi connectivity index (χ0n) is 18.4. The number of aromatic amines is 1. The monoisotopic (exact) mass is 477 g/mol. The zero-order chi connectivity index (χ0) is 22.6. The second kappa shape index (κ2) is 10.4. The van der Waals surface area contributed by atoms with Gasteiger partial charge in [0.1, 0.15) is 0 Å². The van der Waals surface area contributed by atoms with Crippen LogP contribution >= 0.6 is 11.8 Å². The van der Waals surface area contributed by atoms with Crippen molar-refractivity contribution in [3.63, 3.8) is 0 Å². The highest BCUT2D eigenvalue weighted by Crippen LogP contribution is 2.24. The van der Waals surface area contributed by atoms with Crippen LogP contribution in [0.1, 0.15) is 51.9 Å². The Balaban J connectivity index is 1.34. The first-order chi connectivity index (χ1) is 15.4. The molecule has 1 aliphatic heterocycles. The van der Waals surface area contributed by atoms with Crippen molar-refractivity contribution in [2.45, 2.75) is 68.0 Å². The van der Waals surface area contributed by atoms with Gasteiger partial charge in [-0.3, -0.25) is 9.89 Å². The van der Waals surface area contributed by atoms with Crippen LogP contribution in [0.3, 0.4) is 0 Å². The number of H-pyrrole nitrogens is 1. The van der Waals surface area contributed by atoms with Gasteiger partial charge in [0.2, 0.25) is 21.1 Å². The first kappa shape index (κ1) is 23.3. The number of hydrogen-bond acceptors (Lipinski definition) is 6. The second-order valence-corrected chi connectivity index (χ2v) is 11.5. The molecule has 0 unspecified atom stereocenters. The number of carbonyl (C=O) groups excluding carboxylic acids is 1. The summed E-state index contributed by atoms with van der Waals surface area (Å²) in [6.45, 7) is 3.83. The maximum absolute atomic E-state index is 12.7. The number of rotatable bonds is 7. The summed E-state index contributed by atoms with van der Waals surface area (Å²) in [5.74, 6) is 1.54. The molecular formula is C22H31N5O3S2. The third-order valence-corrected chi connectivity index (χ3v) is 8.53. The summed E-state index contributed by atoms with van der Waals surface area (Å²) < 4.78 is 28.2. The molecule has 8 nitrogen and oxygen atoms in total. The Morgan fingerprint density at radius 1 is 1.16 bits per heavy atom. The van der Waals surface area contributed by atoms with Crippen LogP contribution in [0.15, 0.2) is 34.3 Å². The highest BCUT2D eigenvalue weighted by atomic mass is 32.2. The lowest BCUT2D eigenvalue weighted by molar-refractivity contribution is -0.130. The number of nitrogens with zero attached hydrogens (tertiary/aromatic N) is 3. The number of hydrogen-bond donors (Lipinski definition) is 2. The van der Waals surface area contributed by atoms with Crippen molar-refractivity contribution in [1.29, 1.82) is 0 Å². The minimum Gasteiger partial charge on any atom is -0.342 e. The first-order valence-corrected chi connectivity index (χ1v) is 13.8. The Labute approximate surface area is 194 Å². The Bertz CT molecular complexity index is 1020. The van der Waals surface area contributed by atoms with Gasteiger partial charge in [0, 0.05) is 24.7 Å². The van der Waals surface area contributed by atoms with E-state index in [1.54, 1.807) is 24.3 Å². The molecule has 1 atom stereocenters. The van der Waals surface area contributed by atoms with E-state index in [0.717, 1.165) is 50.8 Å². The van der Waals surface area contributed by atoms with Crippen LogP contribution < -0.4 is 4.72 Å². The van der Waals surface area contributed by atoms with Crippen LogP contribution in [0.5, 0.6) is 0 Å². The van der Waals surface area contributed by atoms with Crippen LogP contribution in [0.25, 0.3) is 11.4 Å². The second-order valence-electron chi connectivity index (χ2n) is 8.82. The van der Waals surface area contributed by atoms with Crippen LogP contribution in [-0.2, 0) is 14.8 Å². The lowest BCUT2D eigenvalue weighted by Crippen LogP contribution is -2.40. The zero-order valence-corrected chi connectivity index (χ0v) is 20.1. The Morgan fingerprint density at radius 2 is 1.91 bits per heavy atom. The maximum atomic E-state index is 12.7. The van der Waals surface area contributed by atoms with E-state index in [4.69, 9.17) is 0 Å². The third kappa shape index (κ3) is 5.90. The Kier molecular flexibility index (Phi) is 7.52. The van der Waals surface area contributed by atoms with Crippen molar-refractivity contribution < 1.29 is 13.2 Å². The van der Waals surface area contributed by atoms with Crippen LogP contribution in [0.2, 0.25) is 0 Å². The van der Waals surface area contributed by atoms with Crippen LogP contribution in [0.4, 0.5) is 0 Å². The topological polar surface area (TPSA) is 108 Å². The molecule has 1 saturated heterocycles. The van der Waals surface area contributed by atoms with Gasteiger partial charge in [0.15, 0.2) is 5.82 Å². The van der Waals surface area contributed by atoms with E-state index in [1.165, 1.54) is 24.6 Å². The summed E-state index contributed by atoms with van der Waals surface area (Å²) in [6, 6.07) is 6.67. The molecule has 2 fully saturated rings. The van der Waals surface area contributed by atoms with Crippen molar-refractivity contribution in [1.82, 2.24) is 24.8 Å². The lowest BCUT2D eigenvalue weighted by Gasteiger charge is -2.30. The minimum absolute atomic E-state index is 0.0261. The molecule has 1 aromatic heterocycles. The molecule has 0 bridgehead atoms. The average Bonchev–Trinajstić information content (AvgIpc) is 3.27. The van der Waals surface area contributed by atoms with E-state index in [2.05, 4.69) is 26.8 Å². The molecule has 2 N–H and O–H groups in total. The normalized spacial score (nSPS) is 20.4. The average molecular weight is 478 g/mol. The molecule has 0 spiro atoms. The Morgan fingerprint density at radius 3 is 2.62 bits per heavy atom. The van der Waals surface area contributed by atoms with Gasteiger partial charge >= 0.3 is 0 Å². The Hall–Kier alpha value is -1.91. The number of thioether (sulfide) groups is 1. The maximum Gasteiger partial charge on any atom is 0.240 e. The molecule has 1 aromatic carbocycles. The highest BCUT2D eigenvalue weighted by Gasteiger charge is 2.23. The van der Waals surface area contributed by atoms with Crippen molar-refractivity contribution >= 4 is 27.7 Å². The van der Waals surface area contributed by atoms with Gasteiger partial charge in [-0.2, -0.15) is 0 Å². The van der Waals surface area contributed by atoms with E-state index in [0.29, 0.717) is 22.7 Å². The van der Waals surface area contributed by atoms with Gasteiger partial charge < -0.3 is 4.90 Å². The number of piperidine rings is 1. The fourth-order valence-electron chi connectivity index (χ4n) is 4.37. The predicted molar refractivity (Wildman–Crippen MR) is 125 cm³/mol. The number of amides is 1. The molecule has 1 amide bonds. The number of carbonyl (C=O) groups is 1. The molecule has 2 aromatic rings. The van der Waals surface area contributed by atoms with Crippen molar-refractivity contribution in [2.24, 2.45) is 5.92 Å². The molecule has 10 heteroatoms. The standard InChI is InChI=1S/C22H31N5O3S2/c1-16-6-5-13-27(14-16)20(28)15-31-22-23-21(24-25-22)17-9-11-19(12-10-17)32(29,30)26-18-7-3-2-4-8-18/h9-12,16,18,26H,2-8,13-15H2,1H3,(H,23,24,25)/t16-/m1/s1. The molecule has 1 aliphatic carbocycles. The van der Waals surface area contributed by atoms with Gasteiger partial charge in [-0.25, -0.2) is 18.1 Å².